The van der Waals surface area contributed by atoms with Gasteiger partial charge in [0.15, 0.2) is 0 Å². The average molecular weight is 225 g/mol. The third kappa shape index (κ3) is 2.30. The van der Waals surface area contributed by atoms with Crippen LogP contribution in [0.4, 0.5) is 11.5 Å². The summed E-state index contributed by atoms with van der Waals surface area (Å²) in [5.74, 6) is 0.374. The average Bonchev–Trinajstić information content (AvgIpc) is 2.61. The molecule has 2 N–H and O–H groups in total. The second kappa shape index (κ2) is 4.48. The number of nitro groups is 1. The lowest BCUT2D eigenvalue weighted by Crippen LogP contribution is -2.35. The molecule has 0 saturated carbocycles. The molecule has 0 amide bonds. The molecule has 1 aliphatic heterocycles. The molecule has 1 aromatic rings. The highest BCUT2D eigenvalue weighted by atomic mass is 16.6. The van der Waals surface area contributed by atoms with E-state index in [0.717, 1.165) is 25.9 Å². The van der Waals surface area contributed by atoms with Crippen molar-refractivity contribution in [3.63, 3.8) is 0 Å². The quantitative estimate of drug-likeness (QED) is 0.577. The summed E-state index contributed by atoms with van der Waals surface area (Å²) in [7, 11) is 1.68. The number of anilines is 1. The molecule has 0 aliphatic carbocycles. The summed E-state index contributed by atoms with van der Waals surface area (Å²) < 4.78 is 1.46. The van der Waals surface area contributed by atoms with Crippen LogP contribution in [0.3, 0.4) is 0 Å². The molecule has 2 rings (SSSR count). The topological polar surface area (TPSA) is 85.0 Å². The molecule has 0 bridgehead atoms. The van der Waals surface area contributed by atoms with E-state index < -0.39 is 4.92 Å². The third-order valence-corrected chi connectivity index (χ3v) is 2.69. The zero-order chi connectivity index (χ0) is 11.5. The van der Waals surface area contributed by atoms with E-state index in [9.17, 15) is 10.1 Å². The lowest BCUT2D eigenvalue weighted by atomic mass is 10.1. The minimum Gasteiger partial charge on any atom is -0.360 e. The minimum atomic E-state index is -0.406. The van der Waals surface area contributed by atoms with E-state index in [4.69, 9.17) is 0 Å². The molecule has 1 saturated heterocycles. The van der Waals surface area contributed by atoms with Gasteiger partial charge in [-0.1, -0.05) is 0 Å². The van der Waals surface area contributed by atoms with E-state index >= 15 is 0 Å². The first kappa shape index (κ1) is 10.9. The molecule has 1 aliphatic rings. The highest BCUT2D eigenvalue weighted by Gasteiger charge is 2.22. The summed E-state index contributed by atoms with van der Waals surface area (Å²) >= 11 is 0. The molecular weight excluding hydrogens is 210 g/mol. The minimum absolute atomic E-state index is 0.0426. The zero-order valence-electron chi connectivity index (χ0n) is 9.14. The van der Waals surface area contributed by atoms with Gasteiger partial charge in [-0.3, -0.25) is 14.8 Å². The molecule has 2 heterocycles. The van der Waals surface area contributed by atoms with E-state index in [-0.39, 0.29) is 11.7 Å². The molecular formula is C9H15N5O2. The van der Waals surface area contributed by atoms with Gasteiger partial charge in [0, 0.05) is 13.1 Å². The largest absolute Gasteiger partial charge is 0.360 e. The van der Waals surface area contributed by atoms with Gasteiger partial charge in [0.2, 0.25) is 5.82 Å². The number of nitrogens with zero attached hydrogens (tertiary/aromatic N) is 3. The third-order valence-electron chi connectivity index (χ3n) is 2.69. The molecule has 0 spiro atoms. The van der Waals surface area contributed by atoms with E-state index in [1.165, 1.54) is 10.9 Å². The van der Waals surface area contributed by atoms with Gasteiger partial charge in [0.05, 0.1) is 4.92 Å². The molecule has 0 aromatic carbocycles. The van der Waals surface area contributed by atoms with E-state index in [0.29, 0.717) is 5.82 Å². The smallest absolute Gasteiger partial charge is 0.330 e. The van der Waals surface area contributed by atoms with Crippen LogP contribution in [0.25, 0.3) is 0 Å². The Morgan fingerprint density at radius 1 is 1.62 bits per heavy atom. The van der Waals surface area contributed by atoms with E-state index in [1.54, 1.807) is 7.05 Å². The Morgan fingerprint density at radius 3 is 2.94 bits per heavy atom. The van der Waals surface area contributed by atoms with Gasteiger partial charge >= 0.3 is 5.69 Å². The predicted octanol–water partition coefficient (Wildman–Crippen LogP) is 0.492. The number of hydrogen-bond acceptors (Lipinski definition) is 5. The van der Waals surface area contributed by atoms with Gasteiger partial charge in [-0.2, -0.15) is 0 Å². The van der Waals surface area contributed by atoms with Crippen molar-refractivity contribution < 1.29 is 4.92 Å². The van der Waals surface area contributed by atoms with E-state index in [2.05, 4.69) is 15.7 Å². The summed E-state index contributed by atoms with van der Waals surface area (Å²) in [6.07, 6.45) is 3.35. The van der Waals surface area contributed by atoms with Crippen LogP contribution in [0, 0.1) is 10.1 Å². The monoisotopic (exact) mass is 225 g/mol. The summed E-state index contributed by atoms with van der Waals surface area (Å²) in [5.41, 5.74) is 0.0426. The van der Waals surface area contributed by atoms with Crippen molar-refractivity contribution in [1.82, 2.24) is 15.1 Å². The van der Waals surface area contributed by atoms with Gasteiger partial charge in [-0.05, 0) is 25.9 Å². The summed E-state index contributed by atoms with van der Waals surface area (Å²) in [4.78, 5) is 10.4. The van der Waals surface area contributed by atoms with Crippen molar-refractivity contribution in [2.75, 3.05) is 18.4 Å². The highest BCUT2D eigenvalue weighted by Crippen LogP contribution is 2.23. The first-order valence-electron chi connectivity index (χ1n) is 5.32. The maximum atomic E-state index is 10.8. The van der Waals surface area contributed by atoms with Gasteiger partial charge in [-0.25, -0.2) is 0 Å². The number of aromatic nitrogens is 2. The maximum Gasteiger partial charge on any atom is 0.330 e. The Labute approximate surface area is 93.0 Å². The van der Waals surface area contributed by atoms with Gasteiger partial charge in [-0.15, -0.1) is 5.10 Å². The second-order valence-electron chi connectivity index (χ2n) is 3.96. The number of piperidine rings is 1. The van der Waals surface area contributed by atoms with Crippen LogP contribution in [0.1, 0.15) is 12.8 Å². The van der Waals surface area contributed by atoms with Gasteiger partial charge < -0.3 is 10.6 Å². The molecule has 1 fully saturated rings. The van der Waals surface area contributed by atoms with Crippen LogP contribution >= 0.6 is 0 Å². The maximum absolute atomic E-state index is 10.8. The van der Waals surface area contributed by atoms with Crippen LogP contribution < -0.4 is 10.6 Å². The summed E-state index contributed by atoms with van der Waals surface area (Å²) in [6.45, 7) is 1.89. The SMILES string of the molecule is Cn1cc([N+](=O)[O-])c(NC2CCNCC2)n1. The molecule has 7 nitrogen and oxygen atoms in total. The first-order valence-corrected chi connectivity index (χ1v) is 5.32. The summed E-state index contributed by atoms with van der Waals surface area (Å²) in [6, 6.07) is 0.273. The predicted molar refractivity (Wildman–Crippen MR) is 59.4 cm³/mol. The van der Waals surface area contributed by atoms with Crippen molar-refractivity contribution in [3.8, 4) is 0 Å². The van der Waals surface area contributed by atoms with Crippen molar-refractivity contribution in [3.05, 3.63) is 16.3 Å². The summed E-state index contributed by atoms with van der Waals surface area (Å²) in [5, 5.41) is 21.2. The van der Waals surface area contributed by atoms with Crippen LogP contribution in [-0.4, -0.2) is 33.8 Å². The number of rotatable bonds is 3. The van der Waals surface area contributed by atoms with Crippen molar-refractivity contribution >= 4 is 11.5 Å². The molecule has 0 radical (unpaired) electrons. The Bertz CT molecular complexity index is 383. The Morgan fingerprint density at radius 2 is 2.31 bits per heavy atom. The Kier molecular flexibility index (Phi) is 3.04. The van der Waals surface area contributed by atoms with Crippen LogP contribution in [-0.2, 0) is 7.05 Å². The Hall–Kier alpha value is -1.63. The fourth-order valence-corrected chi connectivity index (χ4v) is 1.87. The number of hydrogen-bond donors (Lipinski definition) is 2. The van der Waals surface area contributed by atoms with Crippen LogP contribution in [0.2, 0.25) is 0 Å². The van der Waals surface area contributed by atoms with Crippen LogP contribution in [0.5, 0.6) is 0 Å². The first-order chi connectivity index (χ1) is 7.66. The van der Waals surface area contributed by atoms with Gasteiger partial charge in [0.1, 0.15) is 6.20 Å². The van der Waals surface area contributed by atoms with Crippen molar-refractivity contribution in [2.45, 2.75) is 18.9 Å². The normalized spacial score (nSPS) is 17.3. The molecule has 1 aromatic heterocycles. The molecule has 88 valence electrons. The fraction of sp³-hybridized carbons (Fsp3) is 0.667. The number of nitrogens with one attached hydrogen (secondary N) is 2. The lowest BCUT2D eigenvalue weighted by Gasteiger charge is -2.23. The lowest BCUT2D eigenvalue weighted by molar-refractivity contribution is -0.384. The standard InChI is InChI=1S/C9H15N5O2/c1-13-6-8(14(15)16)9(12-13)11-7-2-4-10-5-3-7/h6-7,10H,2-5H2,1H3,(H,11,12). The van der Waals surface area contributed by atoms with E-state index in [1.807, 2.05) is 0 Å². The molecule has 16 heavy (non-hydrogen) atoms. The van der Waals surface area contributed by atoms with Gasteiger partial charge in [0.25, 0.3) is 0 Å². The number of aryl methyl sites for hydroxylation is 1. The zero-order valence-corrected chi connectivity index (χ0v) is 9.14. The molecule has 0 atom stereocenters. The molecule has 0 unspecified atom stereocenters. The molecule has 7 heteroatoms. The van der Waals surface area contributed by atoms with Crippen molar-refractivity contribution in [2.24, 2.45) is 7.05 Å². The van der Waals surface area contributed by atoms with Crippen molar-refractivity contribution in [1.29, 1.82) is 0 Å². The highest BCUT2D eigenvalue weighted by molar-refractivity contribution is 5.55. The van der Waals surface area contributed by atoms with Crippen LogP contribution in [0.15, 0.2) is 6.20 Å². The Balaban J connectivity index is 2.10. The second-order valence-corrected chi connectivity index (χ2v) is 3.96. The fourth-order valence-electron chi connectivity index (χ4n) is 1.87.